The van der Waals surface area contributed by atoms with E-state index >= 15 is 0 Å². The molecule has 0 atom stereocenters. The average Bonchev–Trinajstić information content (AvgIpc) is 2.95. The molecular formula is C14H20IN5. The molecule has 0 fully saturated rings. The molecule has 0 unspecified atom stereocenters. The number of guanidine groups is 1. The fraction of sp³-hybridized carbons (Fsp3) is 0.286. The lowest BCUT2D eigenvalue weighted by Gasteiger charge is -2.09. The van der Waals surface area contributed by atoms with Crippen molar-refractivity contribution in [3.05, 3.63) is 54.1 Å². The predicted octanol–water partition coefficient (Wildman–Crippen LogP) is 1.84. The zero-order valence-electron chi connectivity index (χ0n) is 11.7. The zero-order chi connectivity index (χ0) is 13.5. The highest BCUT2D eigenvalue weighted by Crippen LogP contribution is 2.06. The van der Waals surface area contributed by atoms with Crippen molar-refractivity contribution in [1.82, 2.24) is 20.2 Å². The smallest absolute Gasteiger partial charge is 0.190 e. The molecule has 2 aromatic rings. The van der Waals surface area contributed by atoms with E-state index < -0.39 is 0 Å². The minimum Gasteiger partial charge on any atom is -0.359 e. The lowest BCUT2D eigenvalue weighted by Crippen LogP contribution is -2.34. The number of hydrogen-bond donors (Lipinski definition) is 2. The maximum atomic E-state index is 4.07. The van der Waals surface area contributed by atoms with Crippen LogP contribution in [0.15, 0.2) is 48.0 Å². The van der Waals surface area contributed by atoms with E-state index in [1.54, 1.807) is 13.2 Å². The lowest BCUT2D eigenvalue weighted by molar-refractivity contribution is 0.795. The van der Waals surface area contributed by atoms with E-state index in [0.717, 1.165) is 19.0 Å². The Hall–Kier alpha value is -1.57. The Labute approximate surface area is 136 Å². The number of nitrogens with zero attached hydrogens (tertiary/aromatic N) is 3. The first-order chi connectivity index (χ1) is 9.31. The number of halogens is 1. The molecule has 0 saturated carbocycles. The molecule has 0 aliphatic heterocycles. The second-order valence-corrected chi connectivity index (χ2v) is 4.23. The van der Waals surface area contributed by atoms with Gasteiger partial charge in [-0.3, -0.25) is 4.99 Å². The van der Waals surface area contributed by atoms with Crippen molar-refractivity contribution in [3.8, 4) is 0 Å². The third kappa shape index (κ3) is 4.84. The van der Waals surface area contributed by atoms with Gasteiger partial charge in [-0.15, -0.1) is 24.0 Å². The fourth-order valence-corrected chi connectivity index (χ4v) is 1.82. The molecule has 1 aromatic carbocycles. The molecule has 1 aromatic heterocycles. The van der Waals surface area contributed by atoms with E-state index in [-0.39, 0.29) is 24.0 Å². The summed E-state index contributed by atoms with van der Waals surface area (Å²) >= 11 is 0. The summed E-state index contributed by atoms with van der Waals surface area (Å²) in [7, 11) is 3.61. The highest BCUT2D eigenvalue weighted by molar-refractivity contribution is 14.0. The van der Waals surface area contributed by atoms with Crippen LogP contribution >= 0.6 is 24.0 Å². The molecule has 5 nitrogen and oxygen atoms in total. The van der Waals surface area contributed by atoms with Crippen molar-refractivity contribution < 1.29 is 0 Å². The van der Waals surface area contributed by atoms with Crippen LogP contribution in [0, 0.1) is 0 Å². The van der Waals surface area contributed by atoms with Gasteiger partial charge in [0.2, 0.25) is 0 Å². The van der Waals surface area contributed by atoms with Gasteiger partial charge >= 0.3 is 0 Å². The third-order valence-electron chi connectivity index (χ3n) is 2.87. The first kappa shape index (κ1) is 16.5. The number of aromatic nitrogens is 2. The monoisotopic (exact) mass is 385 g/mol. The molecule has 6 heteroatoms. The van der Waals surface area contributed by atoms with Gasteiger partial charge in [0, 0.05) is 39.6 Å². The van der Waals surface area contributed by atoms with Gasteiger partial charge in [-0.25, -0.2) is 4.98 Å². The van der Waals surface area contributed by atoms with E-state index in [9.17, 15) is 0 Å². The quantitative estimate of drug-likeness (QED) is 0.480. The molecule has 108 valence electrons. The van der Waals surface area contributed by atoms with Gasteiger partial charge in [0.1, 0.15) is 0 Å². The van der Waals surface area contributed by atoms with Crippen LogP contribution in [-0.2, 0) is 13.1 Å². The van der Waals surface area contributed by atoms with Gasteiger partial charge in [0.05, 0.1) is 6.33 Å². The number of imidazole rings is 1. The fourth-order valence-electron chi connectivity index (χ4n) is 1.82. The highest BCUT2D eigenvalue weighted by Gasteiger charge is 1.98. The summed E-state index contributed by atoms with van der Waals surface area (Å²) in [5, 5.41) is 6.22. The van der Waals surface area contributed by atoms with Gasteiger partial charge in [0.25, 0.3) is 0 Å². The second kappa shape index (κ2) is 8.57. The number of rotatable bonds is 4. The molecule has 0 aliphatic rings. The molecule has 0 saturated heterocycles. The molecule has 0 bridgehead atoms. The molecule has 20 heavy (non-hydrogen) atoms. The topological polar surface area (TPSA) is 54.2 Å². The van der Waals surface area contributed by atoms with Crippen molar-refractivity contribution in [2.45, 2.75) is 13.1 Å². The maximum Gasteiger partial charge on any atom is 0.190 e. The standard InChI is InChI=1S/C14H19N5.HI/c1-15-14(16-2)18-9-12-3-5-13(6-4-12)10-19-8-7-17-11-19;/h3-8,11H,9-10H2,1-2H3,(H2,15,16,18);1H. The van der Waals surface area contributed by atoms with Gasteiger partial charge in [0.15, 0.2) is 5.96 Å². The molecule has 0 spiro atoms. The zero-order valence-corrected chi connectivity index (χ0v) is 14.0. The van der Waals surface area contributed by atoms with E-state index in [1.165, 1.54) is 11.1 Å². The normalized spacial score (nSPS) is 10.8. The largest absolute Gasteiger partial charge is 0.359 e. The average molecular weight is 385 g/mol. The van der Waals surface area contributed by atoms with Gasteiger partial charge in [-0.2, -0.15) is 0 Å². The predicted molar refractivity (Wildman–Crippen MR) is 92.4 cm³/mol. The van der Waals surface area contributed by atoms with E-state index in [1.807, 2.05) is 19.6 Å². The van der Waals surface area contributed by atoms with Crippen LogP contribution in [0.2, 0.25) is 0 Å². The highest BCUT2D eigenvalue weighted by atomic mass is 127. The van der Waals surface area contributed by atoms with Crippen LogP contribution in [-0.4, -0.2) is 29.6 Å². The lowest BCUT2D eigenvalue weighted by atomic mass is 10.1. The van der Waals surface area contributed by atoms with E-state index in [0.29, 0.717) is 0 Å². The molecule has 2 N–H and O–H groups in total. The van der Waals surface area contributed by atoms with Crippen molar-refractivity contribution in [2.75, 3.05) is 14.1 Å². The van der Waals surface area contributed by atoms with E-state index in [4.69, 9.17) is 0 Å². The summed E-state index contributed by atoms with van der Waals surface area (Å²) in [6.45, 7) is 1.62. The van der Waals surface area contributed by atoms with Gasteiger partial charge in [-0.1, -0.05) is 24.3 Å². The number of hydrogen-bond acceptors (Lipinski definition) is 2. The molecular weight excluding hydrogens is 365 g/mol. The summed E-state index contributed by atoms with van der Waals surface area (Å²) in [6, 6.07) is 8.53. The summed E-state index contributed by atoms with van der Waals surface area (Å²) in [4.78, 5) is 8.11. The summed E-state index contributed by atoms with van der Waals surface area (Å²) < 4.78 is 2.05. The van der Waals surface area contributed by atoms with Crippen LogP contribution < -0.4 is 10.6 Å². The first-order valence-corrected chi connectivity index (χ1v) is 6.24. The molecule has 0 aliphatic carbocycles. The Kier molecular flexibility index (Phi) is 7.06. The molecule has 2 rings (SSSR count). The van der Waals surface area contributed by atoms with E-state index in [2.05, 4.69) is 49.4 Å². The second-order valence-electron chi connectivity index (χ2n) is 4.23. The maximum absolute atomic E-state index is 4.07. The van der Waals surface area contributed by atoms with Crippen LogP contribution in [0.25, 0.3) is 0 Å². The first-order valence-electron chi connectivity index (χ1n) is 6.24. The van der Waals surface area contributed by atoms with Crippen molar-refractivity contribution >= 4 is 29.9 Å². The van der Waals surface area contributed by atoms with Crippen molar-refractivity contribution in [2.24, 2.45) is 4.99 Å². The number of aliphatic imine (C=N–C) groups is 1. The van der Waals surface area contributed by atoms with Crippen LogP contribution in [0.3, 0.4) is 0 Å². The Morgan fingerprint density at radius 2 is 1.95 bits per heavy atom. The molecule has 0 radical (unpaired) electrons. The van der Waals surface area contributed by atoms with Gasteiger partial charge < -0.3 is 15.2 Å². The molecule has 0 amide bonds. The van der Waals surface area contributed by atoms with Crippen LogP contribution in [0.5, 0.6) is 0 Å². The Morgan fingerprint density at radius 1 is 1.25 bits per heavy atom. The summed E-state index contributed by atoms with van der Waals surface area (Å²) in [6.07, 6.45) is 5.58. The van der Waals surface area contributed by atoms with Crippen LogP contribution in [0.4, 0.5) is 0 Å². The molecule has 1 heterocycles. The number of nitrogens with one attached hydrogen (secondary N) is 2. The Bertz CT molecular complexity index is 519. The van der Waals surface area contributed by atoms with Crippen LogP contribution in [0.1, 0.15) is 11.1 Å². The Balaban J connectivity index is 0.00000200. The minimum absolute atomic E-state index is 0. The number of benzene rings is 1. The third-order valence-corrected chi connectivity index (χ3v) is 2.87. The van der Waals surface area contributed by atoms with Crippen molar-refractivity contribution in [3.63, 3.8) is 0 Å². The summed E-state index contributed by atoms with van der Waals surface area (Å²) in [5.74, 6) is 0.794. The van der Waals surface area contributed by atoms with Gasteiger partial charge in [-0.05, 0) is 11.1 Å². The minimum atomic E-state index is 0. The Morgan fingerprint density at radius 3 is 2.50 bits per heavy atom. The summed E-state index contributed by atoms with van der Waals surface area (Å²) in [5.41, 5.74) is 2.49. The SMILES string of the molecule is CN=C(NC)NCc1ccc(Cn2ccnc2)cc1.I. The van der Waals surface area contributed by atoms with Crippen molar-refractivity contribution in [1.29, 1.82) is 0 Å².